The number of halogens is 2. The Kier molecular flexibility index (Phi) is 7.18. The average Bonchev–Trinajstić information content (AvgIpc) is 3.39. The number of ether oxygens (including phenoxy) is 1. The summed E-state index contributed by atoms with van der Waals surface area (Å²) in [5, 5.41) is 14.1. The van der Waals surface area contributed by atoms with Crippen LogP contribution >= 0.6 is 39.0 Å². The number of carbonyl (C=O) groups is 1. The minimum atomic E-state index is -0.324. The van der Waals surface area contributed by atoms with Gasteiger partial charge in [-0.25, -0.2) is 9.37 Å². The summed E-state index contributed by atoms with van der Waals surface area (Å²) in [7, 11) is 1.80. The number of nitrogens with zero attached hydrogens (tertiary/aromatic N) is 4. The summed E-state index contributed by atoms with van der Waals surface area (Å²) >= 11 is 6.05. The number of aromatic nitrogens is 4. The Balaban J connectivity index is 1.29. The first-order chi connectivity index (χ1) is 15.5. The Labute approximate surface area is 200 Å². The smallest absolute Gasteiger partial charge is 0.236 e. The third kappa shape index (κ3) is 5.72. The number of hydrogen-bond donors (Lipinski definition) is 1. The van der Waals surface area contributed by atoms with Gasteiger partial charge in [-0.2, -0.15) is 0 Å². The molecule has 0 fully saturated rings. The quantitative estimate of drug-likeness (QED) is 0.315. The Morgan fingerprint density at radius 1 is 1.19 bits per heavy atom. The largest absolute Gasteiger partial charge is 0.486 e. The van der Waals surface area contributed by atoms with Gasteiger partial charge in [-0.15, -0.1) is 21.5 Å². The van der Waals surface area contributed by atoms with Gasteiger partial charge in [-0.05, 0) is 36.4 Å². The number of rotatable bonds is 8. The minimum Gasteiger partial charge on any atom is -0.486 e. The molecule has 0 atom stereocenters. The van der Waals surface area contributed by atoms with Crippen molar-refractivity contribution < 1.29 is 13.9 Å². The summed E-state index contributed by atoms with van der Waals surface area (Å²) in [4.78, 5) is 16.8. The highest BCUT2D eigenvalue weighted by molar-refractivity contribution is 9.10. The van der Waals surface area contributed by atoms with Crippen LogP contribution in [0.25, 0.3) is 11.3 Å². The lowest BCUT2D eigenvalue weighted by atomic mass is 10.2. The van der Waals surface area contributed by atoms with E-state index in [0.717, 1.165) is 15.7 Å². The first kappa shape index (κ1) is 22.4. The van der Waals surface area contributed by atoms with Crippen LogP contribution in [0.5, 0.6) is 5.75 Å². The fourth-order valence-electron chi connectivity index (χ4n) is 2.64. The molecule has 0 saturated carbocycles. The SMILES string of the molecule is Cn1c(COc2ccc(F)cc2)nnc1SCC(=O)Nc1nc(-c2ccc(Br)cc2)cs1. The zero-order valence-corrected chi connectivity index (χ0v) is 20.0. The highest BCUT2D eigenvalue weighted by Crippen LogP contribution is 2.26. The highest BCUT2D eigenvalue weighted by Gasteiger charge is 2.13. The number of thioether (sulfide) groups is 1. The third-order valence-corrected chi connectivity index (χ3v) is 6.64. The molecule has 0 unspecified atom stereocenters. The van der Waals surface area contributed by atoms with Crippen molar-refractivity contribution in [1.82, 2.24) is 19.7 Å². The first-order valence-electron chi connectivity index (χ1n) is 9.38. The maximum Gasteiger partial charge on any atom is 0.236 e. The topological polar surface area (TPSA) is 81.9 Å². The third-order valence-electron chi connectivity index (χ3n) is 4.33. The molecule has 4 aromatic rings. The van der Waals surface area contributed by atoms with Crippen LogP contribution in [0.4, 0.5) is 9.52 Å². The van der Waals surface area contributed by atoms with Crippen LogP contribution < -0.4 is 10.1 Å². The average molecular weight is 534 g/mol. The molecular formula is C21H17BrFN5O2S2. The van der Waals surface area contributed by atoms with E-state index >= 15 is 0 Å². The van der Waals surface area contributed by atoms with Crippen molar-refractivity contribution in [3.8, 4) is 17.0 Å². The van der Waals surface area contributed by atoms with E-state index in [1.165, 1.54) is 35.2 Å². The molecule has 0 aliphatic rings. The summed E-state index contributed by atoms with van der Waals surface area (Å²) in [6.45, 7) is 0.180. The van der Waals surface area contributed by atoms with E-state index in [4.69, 9.17) is 4.74 Å². The standard InChI is InChI=1S/C21H17BrFN5O2S2/c1-28-18(10-30-16-8-6-15(23)7-9-16)26-27-21(28)32-12-19(29)25-20-24-17(11-31-20)13-2-4-14(22)5-3-13/h2-9,11H,10,12H2,1H3,(H,24,25,29). The first-order valence-corrected chi connectivity index (χ1v) is 12.0. The van der Waals surface area contributed by atoms with Crippen molar-refractivity contribution in [3.63, 3.8) is 0 Å². The highest BCUT2D eigenvalue weighted by atomic mass is 79.9. The summed E-state index contributed by atoms with van der Waals surface area (Å²) in [6.07, 6.45) is 0. The van der Waals surface area contributed by atoms with E-state index < -0.39 is 0 Å². The molecule has 0 bridgehead atoms. The Morgan fingerprint density at radius 2 is 1.94 bits per heavy atom. The molecule has 1 amide bonds. The molecule has 0 aliphatic carbocycles. The second-order valence-electron chi connectivity index (χ2n) is 6.58. The molecule has 2 heterocycles. The number of thiazole rings is 1. The number of anilines is 1. The van der Waals surface area contributed by atoms with Gasteiger partial charge in [0.2, 0.25) is 5.91 Å². The number of amides is 1. The Hall–Kier alpha value is -2.76. The second-order valence-corrected chi connectivity index (χ2v) is 9.30. The molecule has 0 spiro atoms. The second kappa shape index (κ2) is 10.2. The predicted molar refractivity (Wildman–Crippen MR) is 126 cm³/mol. The molecule has 2 aromatic heterocycles. The normalized spacial score (nSPS) is 10.8. The molecule has 0 radical (unpaired) electrons. The lowest BCUT2D eigenvalue weighted by molar-refractivity contribution is -0.113. The Bertz CT molecular complexity index is 1210. The fraction of sp³-hybridized carbons (Fsp3) is 0.143. The van der Waals surface area contributed by atoms with Crippen LogP contribution in [-0.4, -0.2) is 31.4 Å². The maximum atomic E-state index is 13.0. The molecule has 11 heteroatoms. The molecule has 1 N–H and O–H groups in total. The predicted octanol–water partition coefficient (Wildman–Crippen LogP) is 5.15. The number of nitrogens with one attached hydrogen (secondary N) is 1. The Morgan fingerprint density at radius 3 is 2.69 bits per heavy atom. The zero-order chi connectivity index (χ0) is 22.5. The lowest BCUT2D eigenvalue weighted by Gasteiger charge is -2.06. The van der Waals surface area contributed by atoms with Crippen molar-refractivity contribution in [3.05, 3.63) is 70.0 Å². The molecule has 0 aliphatic heterocycles. The summed E-state index contributed by atoms with van der Waals surface area (Å²) in [6, 6.07) is 13.6. The summed E-state index contributed by atoms with van der Waals surface area (Å²) in [5.41, 5.74) is 1.79. The summed E-state index contributed by atoms with van der Waals surface area (Å²) < 4.78 is 21.3. The van der Waals surface area contributed by atoms with E-state index in [1.54, 1.807) is 23.7 Å². The van der Waals surface area contributed by atoms with Gasteiger partial charge < -0.3 is 14.6 Å². The van der Waals surface area contributed by atoms with Crippen molar-refractivity contribution in [1.29, 1.82) is 0 Å². The van der Waals surface area contributed by atoms with Gasteiger partial charge in [-0.1, -0.05) is 39.8 Å². The van der Waals surface area contributed by atoms with E-state index in [2.05, 4.69) is 36.4 Å². The van der Waals surface area contributed by atoms with Crippen molar-refractivity contribution in [2.24, 2.45) is 7.05 Å². The fourth-order valence-corrected chi connectivity index (χ4v) is 4.38. The molecular weight excluding hydrogens is 517 g/mol. The van der Waals surface area contributed by atoms with Gasteiger partial charge in [0.05, 0.1) is 11.4 Å². The van der Waals surface area contributed by atoms with E-state index in [9.17, 15) is 9.18 Å². The van der Waals surface area contributed by atoms with Gasteiger partial charge in [0.15, 0.2) is 16.1 Å². The van der Waals surface area contributed by atoms with E-state index in [-0.39, 0.29) is 24.1 Å². The molecule has 4 rings (SSSR count). The number of carbonyl (C=O) groups excluding carboxylic acids is 1. The van der Waals surface area contributed by atoms with Crippen LogP contribution in [0.2, 0.25) is 0 Å². The van der Waals surface area contributed by atoms with Crippen LogP contribution in [0.15, 0.2) is 63.5 Å². The molecule has 0 saturated heterocycles. The maximum absolute atomic E-state index is 13.0. The van der Waals surface area contributed by atoms with Gasteiger partial charge in [-0.3, -0.25) is 4.79 Å². The van der Waals surface area contributed by atoms with E-state index in [1.807, 2.05) is 29.6 Å². The number of benzene rings is 2. The van der Waals surface area contributed by atoms with Gasteiger partial charge >= 0.3 is 0 Å². The molecule has 32 heavy (non-hydrogen) atoms. The van der Waals surface area contributed by atoms with Gasteiger partial charge in [0.25, 0.3) is 0 Å². The van der Waals surface area contributed by atoms with Crippen molar-refractivity contribution in [2.75, 3.05) is 11.1 Å². The van der Waals surface area contributed by atoms with Crippen LogP contribution in [0.3, 0.4) is 0 Å². The number of hydrogen-bond acceptors (Lipinski definition) is 7. The van der Waals surface area contributed by atoms with E-state index in [0.29, 0.717) is 21.9 Å². The zero-order valence-electron chi connectivity index (χ0n) is 16.8. The molecule has 7 nitrogen and oxygen atoms in total. The van der Waals surface area contributed by atoms with Gasteiger partial charge in [0, 0.05) is 22.5 Å². The summed E-state index contributed by atoms with van der Waals surface area (Å²) in [5.74, 6) is 0.789. The van der Waals surface area contributed by atoms with Crippen LogP contribution in [0.1, 0.15) is 5.82 Å². The monoisotopic (exact) mass is 533 g/mol. The van der Waals surface area contributed by atoms with Crippen LogP contribution in [0, 0.1) is 5.82 Å². The van der Waals surface area contributed by atoms with Crippen molar-refractivity contribution >= 4 is 50.1 Å². The lowest BCUT2D eigenvalue weighted by Crippen LogP contribution is -2.14. The minimum absolute atomic E-state index is 0.165. The molecule has 164 valence electrons. The van der Waals surface area contributed by atoms with Gasteiger partial charge in [0.1, 0.15) is 18.2 Å². The molecule has 2 aromatic carbocycles. The van der Waals surface area contributed by atoms with Crippen LogP contribution in [-0.2, 0) is 18.4 Å². The van der Waals surface area contributed by atoms with Crippen molar-refractivity contribution in [2.45, 2.75) is 11.8 Å².